The Bertz CT molecular complexity index is 1170. The van der Waals surface area contributed by atoms with E-state index in [1.54, 1.807) is 18.4 Å². The largest absolute Gasteiger partial charge is 0.496 e. The second-order valence-electron chi connectivity index (χ2n) is 7.32. The van der Waals surface area contributed by atoms with Crippen molar-refractivity contribution in [1.82, 2.24) is 4.98 Å². The lowest BCUT2D eigenvalue weighted by Gasteiger charge is -2.26. The Balaban J connectivity index is 1.54. The van der Waals surface area contributed by atoms with Crippen molar-refractivity contribution in [2.45, 2.75) is 20.3 Å². The maximum Gasteiger partial charge on any atom is 0.321 e. The van der Waals surface area contributed by atoms with Gasteiger partial charge in [0.2, 0.25) is 0 Å². The number of nitrogens with one attached hydrogen (secondary N) is 1. The SMILES string of the molecule is COc1ccc(N2N=C(C3=CCCS3)[N-][NH+]2c2nc(-c3ccccc3)c(C)s2)cc1C. The molecule has 1 atom stereocenters. The number of anilines is 1. The molecule has 5 rings (SSSR count). The highest BCUT2D eigenvalue weighted by Crippen LogP contribution is 2.33. The van der Waals surface area contributed by atoms with Crippen molar-refractivity contribution >= 4 is 39.8 Å². The Morgan fingerprint density at radius 2 is 1.97 bits per heavy atom. The minimum absolute atomic E-state index is 0.764. The van der Waals surface area contributed by atoms with Crippen LogP contribution >= 0.6 is 23.1 Å². The predicted molar refractivity (Wildman–Crippen MR) is 129 cm³/mol. The van der Waals surface area contributed by atoms with Gasteiger partial charge in [0.05, 0.1) is 18.5 Å². The Kier molecular flexibility index (Phi) is 5.43. The number of hydrazone groups is 1. The van der Waals surface area contributed by atoms with Crippen LogP contribution in [0.4, 0.5) is 10.8 Å². The molecule has 1 N–H and O–H groups in total. The first-order valence-corrected chi connectivity index (χ1v) is 11.9. The number of allylic oxidation sites excluding steroid dienone is 1. The Hall–Kier alpha value is -2.81. The summed E-state index contributed by atoms with van der Waals surface area (Å²) in [5.74, 6) is 2.70. The number of aromatic nitrogens is 1. The number of aryl methyl sites for hydroxylation is 2. The number of methoxy groups -OCH3 is 1. The van der Waals surface area contributed by atoms with E-state index < -0.39 is 0 Å². The number of hydrogen-bond donors (Lipinski definition) is 1. The molecule has 0 spiro atoms. The molecule has 3 heterocycles. The van der Waals surface area contributed by atoms with E-state index in [1.165, 1.54) is 0 Å². The summed E-state index contributed by atoms with van der Waals surface area (Å²) in [5, 5.41) is 8.44. The average molecular weight is 450 g/mol. The van der Waals surface area contributed by atoms with Crippen LogP contribution in [0.1, 0.15) is 16.9 Å². The molecule has 0 bridgehead atoms. The van der Waals surface area contributed by atoms with Gasteiger partial charge >= 0.3 is 5.13 Å². The van der Waals surface area contributed by atoms with Crippen molar-refractivity contribution in [2.24, 2.45) is 5.10 Å². The van der Waals surface area contributed by atoms with E-state index in [0.717, 1.165) is 66.3 Å². The molecule has 1 aromatic heterocycles. The topological polar surface area (TPSA) is 56.3 Å². The fourth-order valence-electron chi connectivity index (χ4n) is 3.66. The number of benzene rings is 2. The van der Waals surface area contributed by atoms with Crippen LogP contribution in [0.5, 0.6) is 5.75 Å². The van der Waals surface area contributed by atoms with Gasteiger partial charge in [0.15, 0.2) is 0 Å². The summed E-state index contributed by atoms with van der Waals surface area (Å²) in [6.45, 7) is 4.15. The molecular weight excluding hydrogens is 426 g/mol. The van der Waals surface area contributed by atoms with Gasteiger partial charge in [-0.1, -0.05) is 47.7 Å². The van der Waals surface area contributed by atoms with Crippen molar-refractivity contribution in [3.8, 4) is 17.0 Å². The van der Waals surface area contributed by atoms with Crippen LogP contribution in [0, 0.1) is 13.8 Å². The molecule has 6 nitrogen and oxygen atoms in total. The molecule has 3 aromatic rings. The average Bonchev–Trinajstić information content (AvgIpc) is 3.53. The monoisotopic (exact) mass is 449 g/mol. The number of quaternary nitrogens is 1. The number of ether oxygens (including phenoxy) is 1. The third kappa shape index (κ3) is 3.82. The number of nitrogens with zero attached hydrogens (tertiary/aromatic N) is 4. The zero-order chi connectivity index (χ0) is 21.4. The highest BCUT2D eigenvalue weighted by molar-refractivity contribution is 8.04. The smallest absolute Gasteiger partial charge is 0.321 e. The molecule has 0 saturated carbocycles. The first-order chi connectivity index (χ1) is 15.1. The van der Waals surface area contributed by atoms with Crippen LogP contribution in [-0.4, -0.2) is 23.7 Å². The lowest BCUT2D eigenvalue weighted by molar-refractivity contribution is -0.791. The van der Waals surface area contributed by atoms with Gasteiger partial charge in [0.1, 0.15) is 5.75 Å². The summed E-state index contributed by atoms with van der Waals surface area (Å²) in [5.41, 5.74) is 9.05. The first-order valence-electron chi connectivity index (χ1n) is 10.1. The second-order valence-corrected chi connectivity index (χ2v) is 9.66. The van der Waals surface area contributed by atoms with Gasteiger partial charge < -0.3 is 9.84 Å². The normalized spacial score (nSPS) is 18.0. The van der Waals surface area contributed by atoms with E-state index in [1.807, 2.05) is 54.1 Å². The first kappa shape index (κ1) is 20.1. The number of thioether (sulfide) groups is 1. The maximum atomic E-state index is 5.44. The summed E-state index contributed by atoms with van der Waals surface area (Å²) >= 11 is 3.46. The molecule has 0 aliphatic carbocycles. The van der Waals surface area contributed by atoms with Crippen molar-refractivity contribution in [1.29, 1.82) is 0 Å². The molecule has 2 aliphatic heterocycles. The van der Waals surface area contributed by atoms with Crippen LogP contribution in [0.2, 0.25) is 0 Å². The van der Waals surface area contributed by atoms with Crippen LogP contribution in [0.15, 0.2) is 64.6 Å². The van der Waals surface area contributed by atoms with E-state index in [9.17, 15) is 0 Å². The highest BCUT2D eigenvalue weighted by Gasteiger charge is 2.30. The number of hydrogen-bond acceptors (Lipinski definition) is 6. The quantitative estimate of drug-likeness (QED) is 0.595. The van der Waals surface area contributed by atoms with Gasteiger partial charge in [0.25, 0.3) is 0 Å². The van der Waals surface area contributed by atoms with Crippen LogP contribution in [0.25, 0.3) is 16.7 Å². The van der Waals surface area contributed by atoms with E-state index in [-0.39, 0.29) is 0 Å². The molecule has 0 amide bonds. The zero-order valence-electron chi connectivity index (χ0n) is 17.6. The number of thiazole rings is 1. The molecule has 1 unspecified atom stereocenters. The van der Waals surface area contributed by atoms with E-state index in [2.05, 4.69) is 31.2 Å². The van der Waals surface area contributed by atoms with Crippen LogP contribution in [0.3, 0.4) is 0 Å². The van der Waals surface area contributed by atoms with Crippen LogP contribution < -0.4 is 15.0 Å². The lowest BCUT2D eigenvalue weighted by Crippen LogP contribution is -3.08. The standard InChI is InChI=1S/C23H23N5OS2/c1-15-14-18(11-12-19(15)29-3)27-25-22(20-10-7-13-30-20)26-28(27)23-24-21(16(2)31-23)17-8-5-4-6-9-17/h4-6,8-12,14,28H,7,13H2,1-3H3. The minimum atomic E-state index is 0.764. The lowest BCUT2D eigenvalue weighted by atomic mass is 10.1. The molecule has 8 heteroatoms. The zero-order valence-corrected chi connectivity index (χ0v) is 19.3. The number of amidine groups is 1. The molecule has 2 aromatic carbocycles. The van der Waals surface area contributed by atoms with Crippen molar-refractivity contribution in [3.63, 3.8) is 0 Å². The summed E-state index contributed by atoms with van der Waals surface area (Å²) in [6.07, 6.45) is 3.27. The van der Waals surface area contributed by atoms with Crippen LogP contribution in [-0.2, 0) is 0 Å². The summed E-state index contributed by atoms with van der Waals surface area (Å²) in [4.78, 5) is 7.28. The molecule has 2 aliphatic rings. The molecule has 158 valence electrons. The number of rotatable bonds is 5. The fraction of sp³-hybridized carbons (Fsp3) is 0.217. The van der Waals surface area contributed by atoms with Gasteiger partial charge in [-0.15, -0.1) is 16.9 Å². The summed E-state index contributed by atoms with van der Waals surface area (Å²) < 4.78 is 5.44. The minimum Gasteiger partial charge on any atom is -0.496 e. The van der Waals surface area contributed by atoms with Gasteiger partial charge in [-0.25, -0.2) is 5.43 Å². The van der Waals surface area contributed by atoms with Gasteiger partial charge in [0, 0.05) is 26.9 Å². The van der Waals surface area contributed by atoms with Gasteiger partial charge in [-0.3, -0.25) is 0 Å². The van der Waals surface area contributed by atoms with E-state index in [0.29, 0.717) is 0 Å². The van der Waals surface area contributed by atoms with Gasteiger partial charge in [-0.2, -0.15) is 10.1 Å². The fourth-order valence-corrected chi connectivity index (χ4v) is 5.48. The third-order valence-corrected chi connectivity index (χ3v) is 7.26. The third-order valence-electron chi connectivity index (χ3n) is 5.19. The molecular formula is C23H23N5OS2. The highest BCUT2D eigenvalue weighted by atomic mass is 32.2. The van der Waals surface area contributed by atoms with Gasteiger partial charge in [-0.05, 0) is 44.0 Å². The summed E-state index contributed by atoms with van der Waals surface area (Å²) in [7, 11) is 1.69. The Labute approximate surface area is 190 Å². The summed E-state index contributed by atoms with van der Waals surface area (Å²) in [6, 6.07) is 16.4. The molecule has 0 saturated heterocycles. The van der Waals surface area contributed by atoms with E-state index >= 15 is 0 Å². The maximum absolute atomic E-state index is 5.44. The van der Waals surface area contributed by atoms with E-state index in [4.69, 9.17) is 20.2 Å². The second kappa shape index (κ2) is 8.37. The Morgan fingerprint density at radius 3 is 2.68 bits per heavy atom. The Morgan fingerprint density at radius 1 is 1.13 bits per heavy atom. The van der Waals surface area contributed by atoms with Crippen molar-refractivity contribution in [3.05, 3.63) is 75.4 Å². The van der Waals surface area contributed by atoms with Crippen molar-refractivity contribution in [2.75, 3.05) is 18.0 Å². The van der Waals surface area contributed by atoms with Crippen molar-refractivity contribution < 1.29 is 9.85 Å². The molecule has 0 fully saturated rings. The molecule has 0 radical (unpaired) electrons. The predicted octanol–water partition coefficient (Wildman–Crippen LogP) is 5.01. The molecule has 31 heavy (non-hydrogen) atoms.